The molecule has 118 valence electrons. The average molecular weight is 295 g/mol. The van der Waals surface area contributed by atoms with Crippen LogP contribution in [0.2, 0.25) is 0 Å². The van der Waals surface area contributed by atoms with E-state index >= 15 is 0 Å². The van der Waals surface area contributed by atoms with Gasteiger partial charge < -0.3 is 20.9 Å². The summed E-state index contributed by atoms with van der Waals surface area (Å²) >= 11 is 0. The molecule has 0 radical (unpaired) electrons. The summed E-state index contributed by atoms with van der Waals surface area (Å²) < 4.78 is 0. The Morgan fingerprint density at radius 2 is 1.67 bits per heavy atom. The lowest BCUT2D eigenvalue weighted by molar-refractivity contribution is -0.120. The number of nitrogens with one attached hydrogen (secondary N) is 3. The number of nitrogens with zero attached hydrogens (tertiary/aromatic N) is 4. The highest BCUT2D eigenvalue weighted by atomic mass is 16.1. The van der Waals surface area contributed by atoms with Crippen LogP contribution in [0.1, 0.15) is 27.2 Å². The van der Waals surface area contributed by atoms with Crippen LogP contribution in [0.15, 0.2) is 0 Å². The number of carbonyl (C=O) groups is 1. The van der Waals surface area contributed by atoms with E-state index in [1.807, 2.05) is 11.8 Å². The van der Waals surface area contributed by atoms with Crippen molar-refractivity contribution in [2.24, 2.45) is 0 Å². The number of carbonyl (C=O) groups excluding carboxylic acids is 1. The van der Waals surface area contributed by atoms with Gasteiger partial charge in [0.25, 0.3) is 0 Å². The summed E-state index contributed by atoms with van der Waals surface area (Å²) in [5, 5.41) is 8.73. The maximum Gasteiger partial charge on any atom is 0.231 e. The summed E-state index contributed by atoms with van der Waals surface area (Å²) in [6.45, 7) is 8.96. The van der Waals surface area contributed by atoms with E-state index in [1.165, 1.54) is 0 Å². The molecule has 0 fully saturated rings. The molecule has 1 rings (SSSR count). The first-order chi connectivity index (χ1) is 10.1. The van der Waals surface area contributed by atoms with Gasteiger partial charge in [0.15, 0.2) is 0 Å². The number of hydrogen-bond acceptors (Lipinski definition) is 7. The van der Waals surface area contributed by atoms with Gasteiger partial charge in [-0.05, 0) is 20.8 Å². The Labute approximate surface area is 125 Å². The molecule has 1 aromatic heterocycles. The molecule has 0 aromatic carbocycles. The van der Waals surface area contributed by atoms with Crippen LogP contribution in [0.4, 0.5) is 17.8 Å². The summed E-state index contributed by atoms with van der Waals surface area (Å²) in [4.78, 5) is 26.4. The quantitative estimate of drug-likeness (QED) is 0.617. The zero-order chi connectivity index (χ0) is 15.7. The van der Waals surface area contributed by atoms with E-state index in [2.05, 4.69) is 44.7 Å². The van der Waals surface area contributed by atoms with Crippen LogP contribution in [-0.2, 0) is 4.79 Å². The van der Waals surface area contributed by atoms with Crippen LogP contribution in [-0.4, -0.2) is 54.1 Å². The molecule has 0 saturated heterocycles. The predicted octanol–water partition coefficient (Wildman–Crippen LogP) is 0.698. The highest BCUT2D eigenvalue weighted by molar-refractivity contribution is 5.75. The first kappa shape index (κ1) is 16.9. The van der Waals surface area contributed by atoms with Gasteiger partial charge in [-0.3, -0.25) is 4.79 Å². The lowest BCUT2D eigenvalue weighted by Gasteiger charge is -2.19. The van der Waals surface area contributed by atoms with Gasteiger partial charge in [0.05, 0.1) is 0 Å². The number of rotatable bonds is 9. The van der Waals surface area contributed by atoms with Crippen molar-refractivity contribution in [1.82, 2.24) is 20.3 Å². The first-order valence-electron chi connectivity index (χ1n) is 7.33. The number of anilines is 3. The van der Waals surface area contributed by atoms with Crippen molar-refractivity contribution < 1.29 is 4.79 Å². The zero-order valence-electron chi connectivity index (χ0n) is 13.2. The predicted molar refractivity (Wildman–Crippen MR) is 84.7 cm³/mol. The van der Waals surface area contributed by atoms with Crippen LogP contribution in [0.25, 0.3) is 0 Å². The molecule has 21 heavy (non-hydrogen) atoms. The Balaban J connectivity index is 2.83. The summed E-state index contributed by atoms with van der Waals surface area (Å²) in [5.41, 5.74) is 0. The third-order valence-electron chi connectivity index (χ3n) is 2.92. The fraction of sp³-hybridized carbons (Fsp3) is 0.692. The zero-order valence-corrected chi connectivity index (χ0v) is 13.2. The van der Waals surface area contributed by atoms with E-state index in [-0.39, 0.29) is 5.91 Å². The Morgan fingerprint density at radius 1 is 1.05 bits per heavy atom. The monoisotopic (exact) mass is 295 g/mol. The molecular weight excluding hydrogens is 270 g/mol. The summed E-state index contributed by atoms with van der Waals surface area (Å²) in [7, 11) is 1.62. The van der Waals surface area contributed by atoms with Gasteiger partial charge in [0, 0.05) is 39.6 Å². The second-order valence-electron chi connectivity index (χ2n) is 4.34. The van der Waals surface area contributed by atoms with Crippen LogP contribution in [0.5, 0.6) is 0 Å². The van der Waals surface area contributed by atoms with Crippen molar-refractivity contribution in [3.05, 3.63) is 0 Å². The lowest BCUT2D eigenvalue weighted by atomic mass is 10.4. The largest absolute Gasteiger partial charge is 0.359 e. The number of amides is 1. The molecule has 1 amide bonds. The smallest absolute Gasteiger partial charge is 0.231 e. The first-order valence-corrected chi connectivity index (χ1v) is 7.33. The second-order valence-corrected chi connectivity index (χ2v) is 4.34. The highest BCUT2D eigenvalue weighted by Gasteiger charge is 2.10. The summed E-state index contributed by atoms with van der Waals surface area (Å²) in [5.74, 6) is 1.63. The molecule has 0 aliphatic rings. The Kier molecular flexibility index (Phi) is 7.20. The fourth-order valence-electron chi connectivity index (χ4n) is 1.74. The van der Waals surface area contributed by atoms with Crippen molar-refractivity contribution in [3.63, 3.8) is 0 Å². The summed E-state index contributed by atoms with van der Waals surface area (Å²) in [6.07, 6.45) is 0.374. The van der Waals surface area contributed by atoms with Gasteiger partial charge in [-0.1, -0.05) is 0 Å². The molecule has 0 saturated carbocycles. The standard InChI is InChI=1S/C13H25N7O/c1-5-15-11-17-12(16-9-8-10(21)14-4)19-13(18-11)20(6-2)7-3/h5-9H2,1-4H3,(H,14,21)(H2,15,16,17,18,19). The SMILES string of the molecule is CCNc1nc(NCCC(=O)NC)nc(N(CC)CC)n1. The van der Waals surface area contributed by atoms with Crippen LogP contribution >= 0.6 is 0 Å². The van der Waals surface area contributed by atoms with Crippen LogP contribution in [0.3, 0.4) is 0 Å². The maximum absolute atomic E-state index is 11.2. The fourth-order valence-corrected chi connectivity index (χ4v) is 1.74. The third-order valence-corrected chi connectivity index (χ3v) is 2.92. The van der Waals surface area contributed by atoms with E-state index in [0.29, 0.717) is 30.8 Å². The van der Waals surface area contributed by atoms with Gasteiger partial charge >= 0.3 is 0 Å². The molecule has 1 heterocycles. The molecule has 0 unspecified atom stereocenters. The van der Waals surface area contributed by atoms with Gasteiger partial charge in [-0.25, -0.2) is 0 Å². The van der Waals surface area contributed by atoms with Gasteiger partial charge in [0.1, 0.15) is 0 Å². The van der Waals surface area contributed by atoms with Crippen molar-refractivity contribution in [2.45, 2.75) is 27.2 Å². The van der Waals surface area contributed by atoms with Crippen LogP contribution < -0.4 is 20.9 Å². The Hall–Kier alpha value is -2.12. The minimum atomic E-state index is -0.0209. The topological polar surface area (TPSA) is 95.1 Å². The average Bonchev–Trinajstić information content (AvgIpc) is 2.48. The third kappa shape index (κ3) is 5.41. The number of hydrogen-bond donors (Lipinski definition) is 3. The molecule has 1 aromatic rings. The minimum absolute atomic E-state index is 0.0209. The maximum atomic E-state index is 11.2. The van der Waals surface area contributed by atoms with Crippen molar-refractivity contribution >= 4 is 23.8 Å². The van der Waals surface area contributed by atoms with Crippen molar-refractivity contribution in [2.75, 3.05) is 48.8 Å². The number of aromatic nitrogens is 3. The molecule has 0 atom stereocenters. The molecule has 8 heteroatoms. The molecule has 3 N–H and O–H groups in total. The van der Waals surface area contributed by atoms with E-state index in [0.717, 1.165) is 19.6 Å². The van der Waals surface area contributed by atoms with E-state index in [9.17, 15) is 4.79 Å². The van der Waals surface area contributed by atoms with Crippen molar-refractivity contribution in [1.29, 1.82) is 0 Å². The highest BCUT2D eigenvalue weighted by Crippen LogP contribution is 2.13. The van der Waals surface area contributed by atoms with Gasteiger partial charge in [0.2, 0.25) is 23.8 Å². The molecule has 0 aliphatic heterocycles. The molecule has 8 nitrogen and oxygen atoms in total. The molecule has 0 bridgehead atoms. The normalized spacial score (nSPS) is 10.1. The van der Waals surface area contributed by atoms with Crippen LogP contribution in [0, 0.1) is 0 Å². The van der Waals surface area contributed by atoms with E-state index in [4.69, 9.17) is 0 Å². The van der Waals surface area contributed by atoms with E-state index < -0.39 is 0 Å². The molecular formula is C13H25N7O. The van der Waals surface area contributed by atoms with Crippen molar-refractivity contribution in [3.8, 4) is 0 Å². The molecule has 0 aliphatic carbocycles. The summed E-state index contributed by atoms with van der Waals surface area (Å²) in [6, 6.07) is 0. The molecule has 0 spiro atoms. The Morgan fingerprint density at radius 3 is 2.19 bits per heavy atom. The second kappa shape index (κ2) is 8.93. The van der Waals surface area contributed by atoms with E-state index in [1.54, 1.807) is 7.05 Å². The minimum Gasteiger partial charge on any atom is -0.359 e. The lowest BCUT2D eigenvalue weighted by Crippen LogP contribution is -2.26. The van der Waals surface area contributed by atoms with Gasteiger partial charge in [-0.15, -0.1) is 0 Å². The Bertz CT molecular complexity index is 448. The van der Waals surface area contributed by atoms with Gasteiger partial charge in [-0.2, -0.15) is 15.0 Å².